The minimum Gasteiger partial charge on any atom is -0.469 e. The lowest BCUT2D eigenvalue weighted by molar-refractivity contribution is -0.144. The molecule has 0 saturated heterocycles. The smallest absolute Gasteiger partial charge is 0.339 e. The zero-order valence-corrected chi connectivity index (χ0v) is 23.9. The fourth-order valence-electron chi connectivity index (χ4n) is 4.96. The quantitative estimate of drug-likeness (QED) is 0.284. The third kappa shape index (κ3) is 6.69. The first kappa shape index (κ1) is 29.7. The molecule has 2 aliphatic carbocycles. The molecule has 1 amide bonds. The summed E-state index contributed by atoms with van der Waals surface area (Å²) in [6.07, 6.45) is 7.91. The van der Waals surface area contributed by atoms with Crippen LogP contribution in [0.15, 0.2) is 29.6 Å². The summed E-state index contributed by atoms with van der Waals surface area (Å²) in [6, 6.07) is 1.48. The molecule has 12 heteroatoms. The van der Waals surface area contributed by atoms with E-state index in [-0.39, 0.29) is 51.4 Å². The van der Waals surface area contributed by atoms with Gasteiger partial charge in [0.25, 0.3) is 5.91 Å². The molecule has 40 heavy (non-hydrogen) atoms. The van der Waals surface area contributed by atoms with Crippen LogP contribution in [0.4, 0.5) is 10.1 Å². The first-order valence-corrected chi connectivity index (χ1v) is 14.2. The Morgan fingerprint density at radius 1 is 1.02 bits per heavy atom. The van der Waals surface area contributed by atoms with Gasteiger partial charge in [-0.25, -0.2) is 9.59 Å². The van der Waals surface area contributed by atoms with E-state index < -0.39 is 28.9 Å². The van der Waals surface area contributed by atoms with Crippen LogP contribution < -0.4 is 4.90 Å². The summed E-state index contributed by atoms with van der Waals surface area (Å²) >= 11 is 7.20. The maximum atomic E-state index is 15.5. The van der Waals surface area contributed by atoms with Gasteiger partial charge in [-0.2, -0.15) is 4.39 Å². The molecule has 0 aromatic carbocycles. The average molecular weight is 593 g/mol. The molecular formula is C28H30ClFN2O7S. The molecule has 2 heterocycles. The Bertz CT molecular complexity index is 1340. The Hall–Kier alpha value is -3.31. The molecule has 9 nitrogen and oxygen atoms in total. The summed E-state index contributed by atoms with van der Waals surface area (Å²) in [5.41, 5.74) is 0.853. The molecule has 2 aliphatic rings. The number of rotatable bonds is 9. The van der Waals surface area contributed by atoms with Crippen LogP contribution in [0.3, 0.4) is 0 Å². The number of carbonyl (C=O) groups is 4. The third-order valence-electron chi connectivity index (χ3n) is 7.00. The van der Waals surface area contributed by atoms with Crippen molar-refractivity contribution >= 4 is 52.4 Å². The Morgan fingerprint density at radius 3 is 2.40 bits per heavy atom. The maximum Gasteiger partial charge on any atom is 0.339 e. The van der Waals surface area contributed by atoms with Gasteiger partial charge in [0.15, 0.2) is 0 Å². The number of ether oxygens (including phenoxy) is 3. The highest BCUT2D eigenvalue weighted by Crippen LogP contribution is 2.41. The summed E-state index contributed by atoms with van der Waals surface area (Å²) in [7, 11) is 2.44. The number of nitrogens with zero attached hydrogens (tertiary/aromatic N) is 2. The topological polar surface area (TPSA) is 112 Å². The van der Waals surface area contributed by atoms with Gasteiger partial charge in [-0.3, -0.25) is 19.5 Å². The Morgan fingerprint density at radius 2 is 1.73 bits per heavy atom. The van der Waals surface area contributed by atoms with Crippen molar-refractivity contribution < 1.29 is 37.8 Å². The SMILES string of the molecule is COC(=O)Cc1sc(F)c(N(Cc2cncc(C(=O)OC)c2)C(=O)C2=C(C(=O)OC3CCCC3)CCCC2)c1Cl. The fraction of sp³-hybridized carbons (Fsp3) is 0.464. The van der Waals surface area contributed by atoms with Gasteiger partial charge in [0.2, 0.25) is 5.13 Å². The van der Waals surface area contributed by atoms with E-state index in [0.29, 0.717) is 42.6 Å². The standard InChI is InChI=1S/C28H30ClFN2O7S/c1-37-22(33)12-21-23(29)24(25(30)40-21)32(15-16-11-17(14-31-13-16)27(35)38-2)26(34)19-9-5-6-10-20(19)28(36)39-18-7-3-4-8-18/h11,13-14,18H,3-10,12,15H2,1-2H3. The minimum absolute atomic E-state index is 0.107. The highest BCUT2D eigenvalue weighted by Gasteiger charge is 2.34. The fourth-order valence-corrected chi connectivity index (χ4v) is 6.28. The van der Waals surface area contributed by atoms with Crippen LogP contribution in [-0.2, 0) is 41.6 Å². The summed E-state index contributed by atoms with van der Waals surface area (Å²) in [5, 5.41) is -0.884. The van der Waals surface area contributed by atoms with Gasteiger partial charge < -0.3 is 14.2 Å². The van der Waals surface area contributed by atoms with E-state index in [1.54, 1.807) is 0 Å². The van der Waals surface area contributed by atoms with Crippen molar-refractivity contribution in [1.82, 2.24) is 4.98 Å². The van der Waals surface area contributed by atoms with E-state index in [2.05, 4.69) is 4.98 Å². The minimum atomic E-state index is -0.777. The van der Waals surface area contributed by atoms with Crippen molar-refractivity contribution in [1.29, 1.82) is 0 Å². The van der Waals surface area contributed by atoms with Gasteiger partial charge >= 0.3 is 17.9 Å². The monoisotopic (exact) mass is 592 g/mol. The first-order valence-electron chi connectivity index (χ1n) is 13.0. The lowest BCUT2D eigenvalue weighted by Gasteiger charge is -2.27. The number of hydrogen-bond acceptors (Lipinski definition) is 9. The van der Waals surface area contributed by atoms with E-state index in [9.17, 15) is 19.2 Å². The van der Waals surface area contributed by atoms with Crippen LogP contribution >= 0.6 is 22.9 Å². The highest BCUT2D eigenvalue weighted by molar-refractivity contribution is 7.11. The van der Waals surface area contributed by atoms with Crippen LogP contribution in [0, 0.1) is 5.13 Å². The normalized spacial score (nSPS) is 15.6. The molecule has 0 aliphatic heterocycles. The Kier molecular flexibility index (Phi) is 9.91. The average Bonchev–Trinajstić information content (AvgIpc) is 3.57. The van der Waals surface area contributed by atoms with Gasteiger partial charge in [-0.1, -0.05) is 11.6 Å². The number of pyridine rings is 1. The number of thiophene rings is 1. The number of methoxy groups -OCH3 is 2. The van der Waals surface area contributed by atoms with Crippen LogP contribution in [0.2, 0.25) is 5.02 Å². The van der Waals surface area contributed by atoms with Crippen LogP contribution in [-0.4, -0.2) is 49.1 Å². The molecule has 1 fully saturated rings. The van der Waals surface area contributed by atoms with E-state index in [4.69, 9.17) is 25.8 Å². The number of anilines is 1. The van der Waals surface area contributed by atoms with Crippen LogP contribution in [0.1, 0.15) is 72.2 Å². The van der Waals surface area contributed by atoms with Gasteiger partial charge in [0.1, 0.15) is 11.8 Å². The molecule has 214 valence electrons. The molecule has 0 spiro atoms. The molecule has 0 atom stereocenters. The number of hydrogen-bond donors (Lipinski definition) is 0. The summed E-state index contributed by atoms with van der Waals surface area (Å²) < 4.78 is 30.7. The van der Waals surface area contributed by atoms with Crippen molar-refractivity contribution in [3.63, 3.8) is 0 Å². The third-order valence-corrected chi connectivity index (χ3v) is 8.49. The van der Waals surface area contributed by atoms with Gasteiger partial charge in [0.05, 0.1) is 37.8 Å². The van der Waals surface area contributed by atoms with Gasteiger partial charge in [0, 0.05) is 28.4 Å². The molecule has 0 N–H and O–H groups in total. The van der Waals surface area contributed by atoms with Crippen molar-refractivity contribution in [3.05, 3.63) is 55.8 Å². The molecule has 1 saturated carbocycles. The van der Waals surface area contributed by atoms with Crippen molar-refractivity contribution in [2.45, 2.75) is 70.4 Å². The second-order valence-electron chi connectivity index (χ2n) is 9.66. The predicted molar refractivity (Wildman–Crippen MR) is 146 cm³/mol. The van der Waals surface area contributed by atoms with Gasteiger partial charge in [-0.05, 0) is 63.0 Å². The van der Waals surface area contributed by atoms with Crippen molar-refractivity contribution in [3.8, 4) is 0 Å². The van der Waals surface area contributed by atoms with E-state index >= 15 is 4.39 Å². The lowest BCUT2D eigenvalue weighted by Crippen LogP contribution is -2.35. The highest BCUT2D eigenvalue weighted by atomic mass is 35.5. The van der Waals surface area contributed by atoms with Gasteiger partial charge in [-0.15, -0.1) is 11.3 Å². The predicted octanol–water partition coefficient (Wildman–Crippen LogP) is 5.33. The van der Waals surface area contributed by atoms with E-state index in [0.717, 1.165) is 30.6 Å². The largest absolute Gasteiger partial charge is 0.469 e. The van der Waals surface area contributed by atoms with Crippen molar-refractivity contribution in [2.24, 2.45) is 0 Å². The molecular weight excluding hydrogens is 563 g/mol. The van der Waals surface area contributed by atoms with E-state index in [1.165, 1.54) is 32.7 Å². The molecule has 2 aromatic rings. The number of amides is 1. The first-order chi connectivity index (χ1) is 19.2. The number of esters is 3. The van der Waals surface area contributed by atoms with Crippen LogP contribution in [0.5, 0.6) is 0 Å². The number of aromatic nitrogens is 1. The second-order valence-corrected chi connectivity index (χ2v) is 11.1. The molecule has 2 aromatic heterocycles. The summed E-state index contributed by atoms with van der Waals surface area (Å²) in [6.45, 7) is -0.212. The molecule has 0 bridgehead atoms. The molecule has 4 rings (SSSR count). The number of halogens is 2. The van der Waals surface area contributed by atoms with Crippen molar-refractivity contribution in [2.75, 3.05) is 19.1 Å². The second kappa shape index (κ2) is 13.4. The zero-order valence-electron chi connectivity index (χ0n) is 22.3. The summed E-state index contributed by atoms with van der Waals surface area (Å²) in [4.78, 5) is 56.7. The number of carbonyl (C=O) groups excluding carboxylic acids is 4. The molecule has 0 unspecified atom stereocenters. The van der Waals surface area contributed by atoms with Crippen LogP contribution in [0.25, 0.3) is 0 Å². The summed E-state index contributed by atoms with van der Waals surface area (Å²) in [5.74, 6) is -2.37. The Balaban J connectivity index is 1.76. The lowest BCUT2D eigenvalue weighted by atomic mass is 9.90. The maximum absolute atomic E-state index is 15.5. The molecule has 0 radical (unpaired) electrons. The van der Waals surface area contributed by atoms with E-state index in [1.807, 2.05) is 0 Å². The Labute approximate surface area is 240 Å². The zero-order chi connectivity index (χ0) is 28.8.